The molecule has 0 unspecified atom stereocenters. The third-order valence-corrected chi connectivity index (χ3v) is 3.75. The van der Waals surface area contributed by atoms with Crippen molar-refractivity contribution in [2.45, 2.75) is 25.4 Å². The molecule has 112 valence electrons. The van der Waals surface area contributed by atoms with Crippen molar-refractivity contribution in [3.63, 3.8) is 0 Å². The van der Waals surface area contributed by atoms with Gasteiger partial charge >= 0.3 is 0 Å². The molecule has 1 fully saturated rings. The number of benzene rings is 1. The second-order valence-electron chi connectivity index (χ2n) is 5.74. The summed E-state index contributed by atoms with van der Waals surface area (Å²) in [6.07, 6.45) is 1.44. The van der Waals surface area contributed by atoms with E-state index in [0.29, 0.717) is 26.4 Å². The number of rotatable bonds is 6. The Bertz CT molecular complexity index is 399. The van der Waals surface area contributed by atoms with Gasteiger partial charge in [-0.3, -0.25) is 0 Å². The first-order chi connectivity index (χ1) is 9.57. The van der Waals surface area contributed by atoms with Crippen LogP contribution in [0.5, 0.6) is 5.75 Å². The molecular weight excluding hydrogens is 254 g/mol. The molecule has 1 saturated heterocycles. The van der Waals surface area contributed by atoms with Crippen molar-refractivity contribution in [2.75, 3.05) is 40.0 Å². The molecule has 4 heteroatoms. The Balaban J connectivity index is 1.69. The van der Waals surface area contributed by atoms with E-state index in [0.717, 1.165) is 25.1 Å². The van der Waals surface area contributed by atoms with Crippen LogP contribution in [0.2, 0.25) is 0 Å². The molecule has 1 heterocycles. The molecular formula is C16H25NO3. The Morgan fingerprint density at radius 3 is 2.55 bits per heavy atom. The molecule has 1 aromatic rings. The minimum absolute atomic E-state index is 0.600. The molecule has 1 aliphatic rings. The quantitative estimate of drug-likeness (QED) is 0.863. The average molecular weight is 279 g/mol. The zero-order valence-electron chi connectivity index (χ0n) is 12.5. The summed E-state index contributed by atoms with van der Waals surface area (Å²) >= 11 is 0. The molecule has 1 aromatic carbocycles. The molecule has 0 spiro atoms. The minimum atomic E-state index is -0.600. The number of aryl methyl sites for hydroxylation is 1. The van der Waals surface area contributed by atoms with Crippen LogP contribution in [0.15, 0.2) is 24.3 Å². The van der Waals surface area contributed by atoms with Gasteiger partial charge in [-0.05, 0) is 26.1 Å². The van der Waals surface area contributed by atoms with Crippen LogP contribution >= 0.6 is 0 Å². The maximum Gasteiger partial charge on any atom is 0.119 e. The van der Waals surface area contributed by atoms with E-state index in [9.17, 15) is 5.11 Å². The van der Waals surface area contributed by atoms with E-state index in [-0.39, 0.29) is 0 Å². The number of ether oxygens (including phenoxy) is 2. The first-order valence-electron chi connectivity index (χ1n) is 7.26. The van der Waals surface area contributed by atoms with Crippen molar-refractivity contribution in [3.8, 4) is 5.75 Å². The highest BCUT2D eigenvalue weighted by atomic mass is 16.5. The molecule has 2 rings (SSSR count). The van der Waals surface area contributed by atoms with E-state index in [1.54, 1.807) is 0 Å². The summed E-state index contributed by atoms with van der Waals surface area (Å²) < 4.78 is 11.0. The van der Waals surface area contributed by atoms with Gasteiger partial charge < -0.3 is 19.5 Å². The van der Waals surface area contributed by atoms with Gasteiger partial charge in [0.25, 0.3) is 0 Å². The summed E-state index contributed by atoms with van der Waals surface area (Å²) in [4.78, 5) is 2.12. The number of hydrogen-bond donors (Lipinski definition) is 1. The summed E-state index contributed by atoms with van der Waals surface area (Å²) in [5.41, 5.74) is 0.632. The standard InChI is InChI=1S/C16H25NO3/c1-14-3-5-15(6-4-14)20-12-9-17(2)13-16(18)7-10-19-11-8-16/h3-6,18H,7-13H2,1-2H3. The van der Waals surface area contributed by atoms with Gasteiger partial charge in [0.2, 0.25) is 0 Å². The van der Waals surface area contributed by atoms with Gasteiger partial charge in [-0.15, -0.1) is 0 Å². The molecule has 0 aromatic heterocycles. The lowest BCUT2D eigenvalue weighted by Crippen LogP contribution is -2.46. The molecule has 1 aliphatic heterocycles. The zero-order chi connectivity index (χ0) is 14.4. The van der Waals surface area contributed by atoms with E-state index in [1.807, 2.05) is 31.3 Å². The van der Waals surface area contributed by atoms with Crippen LogP contribution in [0, 0.1) is 6.92 Å². The molecule has 1 N–H and O–H groups in total. The second-order valence-corrected chi connectivity index (χ2v) is 5.74. The third kappa shape index (κ3) is 4.78. The first-order valence-corrected chi connectivity index (χ1v) is 7.26. The average Bonchev–Trinajstić information content (AvgIpc) is 2.41. The fraction of sp³-hybridized carbons (Fsp3) is 0.625. The number of aliphatic hydroxyl groups is 1. The number of likely N-dealkylation sites (N-methyl/N-ethyl adjacent to an activating group) is 1. The van der Waals surface area contributed by atoms with Crippen LogP contribution < -0.4 is 4.74 Å². The summed E-state index contributed by atoms with van der Waals surface area (Å²) in [7, 11) is 2.02. The monoisotopic (exact) mass is 279 g/mol. The number of nitrogens with zero attached hydrogens (tertiary/aromatic N) is 1. The van der Waals surface area contributed by atoms with Crippen molar-refractivity contribution < 1.29 is 14.6 Å². The molecule has 20 heavy (non-hydrogen) atoms. The molecule has 0 aliphatic carbocycles. The van der Waals surface area contributed by atoms with E-state index < -0.39 is 5.60 Å². The summed E-state index contributed by atoms with van der Waals surface area (Å²) in [6, 6.07) is 8.07. The van der Waals surface area contributed by atoms with Crippen molar-refractivity contribution in [1.29, 1.82) is 0 Å². The second kappa shape index (κ2) is 7.07. The molecule has 0 atom stereocenters. The molecule has 0 saturated carbocycles. The van der Waals surface area contributed by atoms with E-state index >= 15 is 0 Å². The lowest BCUT2D eigenvalue weighted by molar-refractivity contribution is -0.0775. The van der Waals surface area contributed by atoms with Gasteiger partial charge in [0.05, 0.1) is 5.60 Å². The van der Waals surface area contributed by atoms with Crippen LogP contribution in [0.1, 0.15) is 18.4 Å². The van der Waals surface area contributed by atoms with Gasteiger partial charge in [-0.2, -0.15) is 0 Å². The van der Waals surface area contributed by atoms with Crippen molar-refractivity contribution in [2.24, 2.45) is 0 Å². The Morgan fingerprint density at radius 1 is 1.25 bits per heavy atom. The van der Waals surface area contributed by atoms with Crippen molar-refractivity contribution >= 4 is 0 Å². The van der Waals surface area contributed by atoms with E-state index in [4.69, 9.17) is 9.47 Å². The highest BCUT2D eigenvalue weighted by Gasteiger charge is 2.30. The fourth-order valence-electron chi connectivity index (χ4n) is 2.44. The Labute approximate surface area is 121 Å². The van der Waals surface area contributed by atoms with Crippen LogP contribution in [-0.2, 0) is 4.74 Å². The van der Waals surface area contributed by atoms with Gasteiger partial charge in [0.15, 0.2) is 0 Å². The minimum Gasteiger partial charge on any atom is -0.492 e. The highest BCUT2D eigenvalue weighted by molar-refractivity contribution is 5.26. The number of hydrogen-bond acceptors (Lipinski definition) is 4. The largest absolute Gasteiger partial charge is 0.492 e. The fourth-order valence-corrected chi connectivity index (χ4v) is 2.44. The van der Waals surface area contributed by atoms with Crippen LogP contribution in [0.25, 0.3) is 0 Å². The molecule has 4 nitrogen and oxygen atoms in total. The molecule has 0 radical (unpaired) electrons. The van der Waals surface area contributed by atoms with Crippen molar-refractivity contribution in [3.05, 3.63) is 29.8 Å². The third-order valence-electron chi connectivity index (χ3n) is 3.75. The first kappa shape index (κ1) is 15.3. The normalized spacial score (nSPS) is 18.2. The topological polar surface area (TPSA) is 41.9 Å². The van der Waals surface area contributed by atoms with Crippen LogP contribution in [0.4, 0.5) is 0 Å². The predicted octanol–water partition coefficient (Wildman–Crippen LogP) is 1.85. The van der Waals surface area contributed by atoms with Gasteiger partial charge in [-0.1, -0.05) is 17.7 Å². The molecule has 0 amide bonds. The van der Waals surface area contributed by atoms with Crippen LogP contribution in [-0.4, -0.2) is 55.6 Å². The maximum atomic E-state index is 10.4. The SMILES string of the molecule is Cc1ccc(OCCN(C)CC2(O)CCOCC2)cc1. The Morgan fingerprint density at radius 2 is 1.90 bits per heavy atom. The van der Waals surface area contributed by atoms with Gasteiger partial charge in [0, 0.05) is 39.1 Å². The Hall–Kier alpha value is -1.10. The van der Waals surface area contributed by atoms with E-state index in [2.05, 4.69) is 11.8 Å². The lowest BCUT2D eigenvalue weighted by atomic mass is 9.94. The highest BCUT2D eigenvalue weighted by Crippen LogP contribution is 2.21. The Kier molecular flexibility index (Phi) is 5.40. The van der Waals surface area contributed by atoms with Crippen molar-refractivity contribution in [1.82, 2.24) is 4.90 Å². The lowest BCUT2D eigenvalue weighted by Gasteiger charge is -2.35. The summed E-state index contributed by atoms with van der Waals surface area (Å²) in [6.45, 7) is 5.48. The molecule has 0 bridgehead atoms. The predicted molar refractivity (Wildman–Crippen MR) is 79.2 cm³/mol. The van der Waals surface area contributed by atoms with Gasteiger partial charge in [0.1, 0.15) is 12.4 Å². The summed E-state index contributed by atoms with van der Waals surface area (Å²) in [5.74, 6) is 0.897. The van der Waals surface area contributed by atoms with Crippen LogP contribution in [0.3, 0.4) is 0 Å². The maximum absolute atomic E-state index is 10.4. The van der Waals surface area contributed by atoms with E-state index in [1.165, 1.54) is 5.56 Å². The van der Waals surface area contributed by atoms with Gasteiger partial charge in [-0.25, -0.2) is 0 Å². The smallest absolute Gasteiger partial charge is 0.119 e. The zero-order valence-corrected chi connectivity index (χ0v) is 12.5. The summed E-state index contributed by atoms with van der Waals surface area (Å²) in [5, 5.41) is 10.4.